The van der Waals surface area contributed by atoms with Crippen molar-refractivity contribution in [2.24, 2.45) is 11.8 Å². The second-order valence-electron chi connectivity index (χ2n) is 5.00. The summed E-state index contributed by atoms with van der Waals surface area (Å²) in [5.74, 6) is 0.273. The van der Waals surface area contributed by atoms with Gasteiger partial charge in [0, 0.05) is 6.42 Å². The Morgan fingerprint density at radius 3 is 2.29 bits per heavy atom. The van der Waals surface area contributed by atoms with Crippen molar-refractivity contribution < 1.29 is 9.53 Å². The van der Waals surface area contributed by atoms with E-state index < -0.39 is 0 Å². The molecule has 0 N–H and O–H groups in total. The lowest BCUT2D eigenvalue weighted by molar-refractivity contribution is -0.154. The van der Waals surface area contributed by atoms with Gasteiger partial charge in [-0.2, -0.15) is 0 Å². The van der Waals surface area contributed by atoms with Gasteiger partial charge in [-0.15, -0.1) is 0 Å². The predicted molar refractivity (Wildman–Crippen MR) is 72.8 cm³/mol. The average Bonchev–Trinajstić information content (AvgIpc) is 2.31. The van der Waals surface area contributed by atoms with Crippen LogP contribution in [0.2, 0.25) is 0 Å². The van der Waals surface area contributed by atoms with Gasteiger partial charge in [0.05, 0.1) is 5.92 Å². The van der Waals surface area contributed by atoms with E-state index in [1.54, 1.807) is 0 Å². The molecule has 0 aromatic heterocycles. The summed E-state index contributed by atoms with van der Waals surface area (Å²) in [7, 11) is 0. The standard InChI is InChI=1S/C15H28O2/c1-6-8-9-10-11-14(7-2)17-15(16)13(5)12(3)4/h9-10,12-14H,6-8,11H2,1-5H3/b10-9-. The van der Waals surface area contributed by atoms with Crippen molar-refractivity contribution in [3.05, 3.63) is 12.2 Å². The van der Waals surface area contributed by atoms with Crippen LogP contribution < -0.4 is 0 Å². The molecule has 2 atom stereocenters. The minimum absolute atomic E-state index is 0.0105. The Morgan fingerprint density at radius 1 is 1.18 bits per heavy atom. The van der Waals surface area contributed by atoms with Crippen LogP contribution in [-0.4, -0.2) is 12.1 Å². The SMILES string of the molecule is CCC/C=C\CC(CC)OC(=O)C(C)C(C)C. The summed E-state index contributed by atoms with van der Waals surface area (Å²) >= 11 is 0. The Hall–Kier alpha value is -0.790. The fraction of sp³-hybridized carbons (Fsp3) is 0.800. The normalized spacial score (nSPS) is 15.2. The van der Waals surface area contributed by atoms with Gasteiger partial charge in [0.1, 0.15) is 6.10 Å². The first-order valence-electron chi connectivity index (χ1n) is 6.88. The third kappa shape index (κ3) is 7.19. The molecule has 0 bridgehead atoms. The third-order valence-corrected chi connectivity index (χ3v) is 3.13. The van der Waals surface area contributed by atoms with Crippen molar-refractivity contribution in [3.63, 3.8) is 0 Å². The van der Waals surface area contributed by atoms with Crippen molar-refractivity contribution >= 4 is 5.97 Å². The summed E-state index contributed by atoms with van der Waals surface area (Å²) in [4.78, 5) is 11.8. The summed E-state index contributed by atoms with van der Waals surface area (Å²) in [6, 6.07) is 0. The molecule has 17 heavy (non-hydrogen) atoms. The van der Waals surface area contributed by atoms with E-state index in [2.05, 4.69) is 26.0 Å². The van der Waals surface area contributed by atoms with Gasteiger partial charge in [-0.1, -0.05) is 53.2 Å². The van der Waals surface area contributed by atoms with Crippen molar-refractivity contribution in [1.29, 1.82) is 0 Å². The van der Waals surface area contributed by atoms with Gasteiger partial charge >= 0.3 is 5.97 Å². The first-order valence-corrected chi connectivity index (χ1v) is 6.88. The number of ether oxygens (including phenoxy) is 1. The quantitative estimate of drug-likeness (QED) is 0.466. The van der Waals surface area contributed by atoms with Crippen LogP contribution in [-0.2, 0) is 9.53 Å². The molecule has 0 saturated heterocycles. The average molecular weight is 240 g/mol. The van der Waals surface area contributed by atoms with Crippen LogP contribution in [0.1, 0.15) is 60.3 Å². The zero-order valence-electron chi connectivity index (χ0n) is 12.0. The van der Waals surface area contributed by atoms with Crippen LogP contribution >= 0.6 is 0 Å². The monoisotopic (exact) mass is 240 g/mol. The molecule has 0 radical (unpaired) electrons. The van der Waals surface area contributed by atoms with Crippen LogP contribution in [0.15, 0.2) is 12.2 Å². The molecule has 0 saturated carbocycles. The molecule has 0 aliphatic rings. The van der Waals surface area contributed by atoms with E-state index in [1.165, 1.54) is 0 Å². The number of hydrogen-bond donors (Lipinski definition) is 0. The molecule has 0 aliphatic heterocycles. The number of carbonyl (C=O) groups excluding carboxylic acids is 1. The van der Waals surface area contributed by atoms with E-state index in [4.69, 9.17) is 4.74 Å². The highest BCUT2D eigenvalue weighted by atomic mass is 16.5. The smallest absolute Gasteiger partial charge is 0.309 e. The van der Waals surface area contributed by atoms with Crippen molar-refractivity contribution in [2.75, 3.05) is 0 Å². The molecule has 0 aliphatic carbocycles. The van der Waals surface area contributed by atoms with Gasteiger partial charge in [0.2, 0.25) is 0 Å². The number of unbranched alkanes of at least 4 members (excludes halogenated alkanes) is 1. The number of allylic oxidation sites excluding steroid dienone is 1. The number of hydrogen-bond acceptors (Lipinski definition) is 2. The largest absolute Gasteiger partial charge is 0.462 e. The van der Waals surface area contributed by atoms with Gasteiger partial charge < -0.3 is 4.74 Å². The van der Waals surface area contributed by atoms with Crippen LogP contribution in [0.25, 0.3) is 0 Å². The minimum Gasteiger partial charge on any atom is -0.462 e. The maximum Gasteiger partial charge on any atom is 0.309 e. The van der Waals surface area contributed by atoms with Crippen LogP contribution in [0.3, 0.4) is 0 Å². The van der Waals surface area contributed by atoms with Crippen molar-refractivity contribution in [1.82, 2.24) is 0 Å². The molecule has 0 fully saturated rings. The molecule has 0 rings (SSSR count). The Labute approximate surface area is 106 Å². The molecule has 2 nitrogen and oxygen atoms in total. The molecule has 0 aromatic rings. The minimum atomic E-state index is -0.0595. The first-order chi connectivity index (χ1) is 8.02. The predicted octanol–water partition coefficient (Wildman–Crippen LogP) is 4.35. The van der Waals surface area contributed by atoms with E-state index in [1.807, 2.05) is 20.8 Å². The molecule has 2 unspecified atom stereocenters. The van der Waals surface area contributed by atoms with Gasteiger partial charge in [-0.3, -0.25) is 4.79 Å². The zero-order chi connectivity index (χ0) is 13.3. The molecule has 100 valence electrons. The lowest BCUT2D eigenvalue weighted by Crippen LogP contribution is -2.25. The van der Waals surface area contributed by atoms with Crippen molar-refractivity contribution in [2.45, 2.75) is 66.4 Å². The van der Waals surface area contributed by atoms with Gasteiger partial charge in [-0.25, -0.2) is 0 Å². The maximum absolute atomic E-state index is 11.8. The zero-order valence-corrected chi connectivity index (χ0v) is 12.0. The fourth-order valence-corrected chi connectivity index (χ4v) is 1.37. The fourth-order valence-electron chi connectivity index (χ4n) is 1.37. The Bertz CT molecular complexity index is 231. The Morgan fingerprint density at radius 2 is 1.82 bits per heavy atom. The summed E-state index contributed by atoms with van der Waals surface area (Å²) in [6.07, 6.45) is 8.33. The summed E-state index contributed by atoms with van der Waals surface area (Å²) in [6.45, 7) is 10.3. The molecule has 2 heteroatoms. The van der Waals surface area contributed by atoms with Crippen LogP contribution in [0.4, 0.5) is 0 Å². The topological polar surface area (TPSA) is 26.3 Å². The molecular formula is C15H28O2. The molecule has 0 heterocycles. The van der Waals surface area contributed by atoms with Gasteiger partial charge in [0.15, 0.2) is 0 Å². The highest BCUT2D eigenvalue weighted by Gasteiger charge is 2.20. The van der Waals surface area contributed by atoms with Crippen LogP contribution in [0.5, 0.6) is 0 Å². The Kier molecular flexibility index (Phi) is 8.83. The molecule has 0 spiro atoms. The maximum atomic E-state index is 11.8. The summed E-state index contributed by atoms with van der Waals surface area (Å²) in [5.41, 5.74) is 0. The second kappa shape index (κ2) is 9.26. The third-order valence-electron chi connectivity index (χ3n) is 3.13. The van der Waals surface area contributed by atoms with E-state index in [0.717, 1.165) is 25.7 Å². The van der Waals surface area contributed by atoms with Gasteiger partial charge in [-0.05, 0) is 18.8 Å². The lowest BCUT2D eigenvalue weighted by Gasteiger charge is -2.19. The summed E-state index contributed by atoms with van der Waals surface area (Å²) < 4.78 is 5.51. The lowest BCUT2D eigenvalue weighted by atomic mass is 9.98. The Balaban J connectivity index is 4.08. The number of esters is 1. The van der Waals surface area contributed by atoms with E-state index in [-0.39, 0.29) is 18.0 Å². The van der Waals surface area contributed by atoms with Gasteiger partial charge in [0.25, 0.3) is 0 Å². The highest BCUT2D eigenvalue weighted by molar-refractivity contribution is 5.72. The molecular weight excluding hydrogens is 212 g/mol. The van der Waals surface area contributed by atoms with E-state index in [9.17, 15) is 4.79 Å². The number of carbonyl (C=O) groups is 1. The second-order valence-corrected chi connectivity index (χ2v) is 5.00. The van der Waals surface area contributed by atoms with E-state index in [0.29, 0.717) is 5.92 Å². The van der Waals surface area contributed by atoms with E-state index >= 15 is 0 Å². The van der Waals surface area contributed by atoms with Crippen LogP contribution in [0, 0.1) is 11.8 Å². The first kappa shape index (κ1) is 16.2. The number of rotatable bonds is 8. The summed E-state index contributed by atoms with van der Waals surface area (Å²) in [5, 5.41) is 0. The van der Waals surface area contributed by atoms with Crippen molar-refractivity contribution in [3.8, 4) is 0 Å². The molecule has 0 aromatic carbocycles. The highest BCUT2D eigenvalue weighted by Crippen LogP contribution is 2.15. The molecule has 0 amide bonds.